The molecule has 0 N–H and O–H groups in total. The van der Waals surface area contributed by atoms with Gasteiger partial charge in [-0.3, -0.25) is 0 Å². The van der Waals surface area contributed by atoms with Gasteiger partial charge in [-0.1, -0.05) is 167 Å². The third-order valence-electron chi connectivity index (χ3n) is 12.5. The Morgan fingerprint density at radius 3 is 1.64 bits per heavy atom. The van der Waals surface area contributed by atoms with Crippen LogP contribution in [0.15, 0.2) is 162 Å². The third-order valence-corrected chi connectivity index (χ3v) is 12.5. The lowest BCUT2D eigenvalue weighted by atomic mass is 9.26. The number of fused-ring (bicyclic) bond motifs is 6. The van der Waals surface area contributed by atoms with E-state index in [0.29, 0.717) is 11.8 Å². The van der Waals surface area contributed by atoms with Crippen LogP contribution in [-0.2, 0) is 0 Å². The third kappa shape index (κ3) is 4.54. The van der Waals surface area contributed by atoms with Gasteiger partial charge in [-0.05, 0) is 87.5 Å². The van der Waals surface area contributed by atoms with Crippen LogP contribution in [0.1, 0.15) is 70.1 Å². The van der Waals surface area contributed by atoms with Gasteiger partial charge >= 0.3 is 0 Å². The van der Waals surface area contributed by atoms with E-state index < -0.39 is 0 Å². The van der Waals surface area contributed by atoms with Crippen molar-refractivity contribution in [3.05, 3.63) is 179 Å². The van der Waals surface area contributed by atoms with Gasteiger partial charge in [0.1, 0.15) is 0 Å². The first-order chi connectivity index (χ1) is 25.8. The first-order valence-corrected chi connectivity index (χ1v) is 19.4. The number of nitrogens with zero attached hydrogens (tertiary/aromatic N) is 2. The molecule has 6 aromatic rings. The Kier molecular flexibility index (Phi) is 7.15. The second-order valence-electron chi connectivity index (χ2n) is 16.5. The molecule has 0 saturated heterocycles. The zero-order valence-corrected chi connectivity index (χ0v) is 31.6. The molecule has 0 atom stereocenters. The van der Waals surface area contributed by atoms with E-state index in [2.05, 4.69) is 197 Å². The lowest BCUT2D eigenvalue weighted by Gasteiger charge is -2.47. The second kappa shape index (κ2) is 11.8. The Hall–Kier alpha value is -5.47. The van der Waals surface area contributed by atoms with Crippen molar-refractivity contribution in [1.29, 1.82) is 0 Å². The molecule has 10 rings (SSSR count). The quantitative estimate of drug-likeness (QED) is 0.167. The van der Waals surface area contributed by atoms with Crippen LogP contribution in [0.5, 0.6) is 0 Å². The highest BCUT2D eigenvalue weighted by atomic mass is 15.2. The average Bonchev–Trinajstić information content (AvgIpc) is 3.65. The summed E-state index contributed by atoms with van der Waals surface area (Å²) < 4.78 is 0. The predicted octanol–water partition coefficient (Wildman–Crippen LogP) is 9.93. The number of benzene rings is 6. The summed E-state index contributed by atoms with van der Waals surface area (Å²) in [6, 6.07) is 55.3. The molecule has 0 spiro atoms. The molecular formula is C49H44B2N2. The van der Waals surface area contributed by atoms with Gasteiger partial charge in [0, 0.05) is 39.5 Å². The van der Waals surface area contributed by atoms with Gasteiger partial charge < -0.3 is 9.80 Å². The molecule has 0 saturated carbocycles. The second-order valence-corrected chi connectivity index (χ2v) is 16.5. The summed E-state index contributed by atoms with van der Waals surface area (Å²) >= 11 is 0. The molecule has 0 aromatic heterocycles. The van der Waals surface area contributed by atoms with Crippen molar-refractivity contribution >= 4 is 69.3 Å². The van der Waals surface area contributed by atoms with Crippen molar-refractivity contribution in [2.75, 3.05) is 9.80 Å². The summed E-state index contributed by atoms with van der Waals surface area (Å²) in [5, 5.41) is 0. The molecule has 1 aliphatic carbocycles. The first kappa shape index (κ1) is 32.2. The molecule has 4 aliphatic rings. The van der Waals surface area contributed by atoms with E-state index in [-0.39, 0.29) is 18.8 Å². The highest BCUT2D eigenvalue weighted by Crippen LogP contribution is 2.60. The van der Waals surface area contributed by atoms with Gasteiger partial charge in [0.15, 0.2) is 0 Å². The number of allylic oxidation sites excluding steroid dienone is 3. The van der Waals surface area contributed by atoms with E-state index in [9.17, 15) is 0 Å². The Morgan fingerprint density at radius 1 is 0.472 bits per heavy atom. The van der Waals surface area contributed by atoms with Crippen LogP contribution in [0.25, 0.3) is 5.57 Å². The lowest BCUT2D eigenvalue weighted by Crippen LogP contribution is -2.58. The van der Waals surface area contributed by atoms with Crippen LogP contribution in [0.4, 0.5) is 28.4 Å². The van der Waals surface area contributed by atoms with E-state index in [1.165, 1.54) is 89.2 Å². The molecule has 3 aliphatic heterocycles. The highest BCUT2D eigenvalue weighted by Gasteiger charge is 2.57. The van der Waals surface area contributed by atoms with Crippen molar-refractivity contribution in [3.63, 3.8) is 0 Å². The molecule has 256 valence electrons. The number of para-hydroxylation sites is 1. The smallest absolute Gasteiger partial charge is 0.251 e. The molecule has 0 unspecified atom stereocenters. The monoisotopic (exact) mass is 682 g/mol. The Morgan fingerprint density at radius 2 is 1.00 bits per heavy atom. The minimum atomic E-state index is -0.256. The average molecular weight is 683 g/mol. The maximum atomic E-state index is 2.64. The summed E-state index contributed by atoms with van der Waals surface area (Å²) in [6.07, 6.45) is 0. The zero-order chi connectivity index (χ0) is 36.2. The number of hydrogen-bond donors (Lipinski definition) is 0. The van der Waals surface area contributed by atoms with Crippen LogP contribution in [0.3, 0.4) is 0 Å². The number of hydrogen-bond acceptors (Lipinski definition) is 2. The van der Waals surface area contributed by atoms with Gasteiger partial charge in [0.2, 0.25) is 6.71 Å². The SMILES string of the molecule is CC(C)c1ccc(N2C3=C(B4c5ccccc5N(c5ccc(C(C)C)cc5)c5cccc2c54)C2=C(c4ccccc4B2c2ccccc2)C3(C)C)cc1. The summed E-state index contributed by atoms with van der Waals surface area (Å²) in [6.45, 7) is 14.3. The van der Waals surface area contributed by atoms with Crippen LogP contribution in [-0.4, -0.2) is 13.4 Å². The molecule has 3 heterocycles. The largest absolute Gasteiger partial charge is 0.314 e. The molecule has 0 fully saturated rings. The van der Waals surface area contributed by atoms with Gasteiger partial charge in [-0.15, -0.1) is 0 Å². The maximum absolute atomic E-state index is 2.64. The fraction of sp³-hybridized carbons (Fsp3) is 0.184. The predicted molar refractivity (Wildman–Crippen MR) is 229 cm³/mol. The van der Waals surface area contributed by atoms with Crippen molar-refractivity contribution in [1.82, 2.24) is 0 Å². The van der Waals surface area contributed by atoms with Crippen molar-refractivity contribution < 1.29 is 0 Å². The van der Waals surface area contributed by atoms with Crippen LogP contribution < -0.4 is 31.7 Å². The summed E-state index contributed by atoms with van der Waals surface area (Å²) in [5.74, 6) is 0.951. The zero-order valence-electron chi connectivity index (χ0n) is 31.6. The van der Waals surface area contributed by atoms with Gasteiger partial charge in [0.05, 0.1) is 0 Å². The van der Waals surface area contributed by atoms with Gasteiger partial charge in [-0.25, -0.2) is 0 Å². The summed E-state index contributed by atoms with van der Waals surface area (Å²) in [4.78, 5) is 5.17. The standard InChI is InChI=1S/C49H44B2N2/c1-31(2)33-23-27-36(28-24-33)52-41-20-13-12-19-40(41)51-45-42(52)21-14-22-43(45)53(37-29-25-34(26-30-37)32(3)4)48-47(51)46-44(49(48,5)6)38-17-10-11-18-39(38)50(46)35-15-8-7-9-16-35/h7-32H,1-6H3. The van der Waals surface area contributed by atoms with Crippen LogP contribution in [0.2, 0.25) is 0 Å². The van der Waals surface area contributed by atoms with E-state index in [1.807, 2.05) is 0 Å². The molecule has 53 heavy (non-hydrogen) atoms. The number of anilines is 5. The molecule has 0 bridgehead atoms. The highest BCUT2D eigenvalue weighted by molar-refractivity contribution is 7.02. The topological polar surface area (TPSA) is 6.48 Å². The fourth-order valence-corrected chi connectivity index (χ4v) is 10.1. The van der Waals surface area contributed by atoms with Crippen LogP contribution >= 0.6 is 0 Å². The fourth-order valence-electron chi connectivity index (χ4n) is 10.1. The molecule has 0 radical (unpaired) electrons. The minimum absolute atomic E-state index is 0.0806. The summed E-state index contributed by atoms with van der Waals surface area (Å²) in [5.41, 5.74) is 21.5. The molecule has 6 aromatic carbocycles. The van der Waals surface area contributed by atoms with E-state index >= 15 is 0 Å². The molecule has 2 nitrogen and oxygen atoms in total. The Labute approximate surface area is 315 Å². The first-order valence-electron chi connectivity index (χ1n) is 19.4. The maximum Gasteiger partial charge on any atom is 0.251 e. The van der Waals surface area contributed by atoms with Crippen molar-refractivity contribution in [3.8, 4) is 0 Å². The minimum Gasteiger partial charge on any atom is -0.314 e. The van der Waals surface area contributed by atoms with Crippen molar-refractivity contribution in [2.45, 2.75) is 53.4 Å². The Bertz CT molecular complexity index is 2490. The molecular weight excluding hydrogens is 638 g/mol. The molecule has 0 amide bonds. The lowest BCUT2D eigenvalue weighted by molar-refractivity contribution is 0.597. The van der Waals surface area contributed by atoms with E-state index in [1.54, 1.807) is 0 Å². The number of rotatable bonds is 5. The van der Waals surface area contributed by atoms with E-state index in [0.717, 1.165) is 0 Å². The molecule has 4 heteroatoms. The van der Waals surface area contributed by atoms with Gasteiger partial charge in [0.25, 0.3) is 6.71 Å². The van der Waals surface area contributed by atoms with Gasteiger partial charge in [-0.2, -0.15) is 0 Å². The normalized spacial score (nSPS) is 16.3. The van der Waals surface area contributed by atoms with Crippen molar-refractivity contribution in [2.24, 2.45) is 5.41 Å². The summed E-state index contributed by atoms with van der Waals surface area (Å²) in [7, 11) is 0. The van der Waals surface area contributed by atoms with Crippen LogP contribution in [0, 0.1) is 5.41 Å². The Balaban J connectivity index is 1.29. The van der Waals surface area contributed by atoms with E-state index in [4.69, 9.17) is 0 Å².